The molecular formula is C17H30N4O3. The number of ether oxygens (including phenoxy) is 3. The molecule has 0 atom stereocenters. The largest absolute Gasteiger partial charge is 0.493 e. The topological polar surface area (TPSA) is 67.4 Å². The second kappa shape index (κ2) is 11.5. The molecule has 0 heterocycles. The fourth-order valence-corrected chi connectivity index (χ4v) is 2.05. The highest BCUT2D eigenvalue weighted by Gasteiger charge is 2.06. The minimum Gasteiger partial charge on any atom is -0.493 e. The second-order valence-corrected chi connectivity index (χ2v) is 5.25. The Labute approximate surface area is 145 Å². The van der Waals surface area contributed by atoms with Crippen molar-refractivity contribution in [1.29, 1.82) is 0 Å². The van der Waals surface area contributed by atoms with Crippen molar-refractivity contribution in [2.24, 2.45) is 4.99 Å². The molecule has 0 bridgehead atoms. The van der Waals surface area contributed by atoms with E-state index in [1.54, 1.807) is 21.3 Å². The molecule has 0 amide bonds. The number of methoxy groups -OCH3 is 3. The molecule has 7 nitrogen and oxygen atoms in total. The molecule has 0 fully saturated rings. The first-order chi connectivity index (χ1) is 11.6. The van der Waals surface area contributed by atoms with Crippen LogP contribution < -0.4 is 20.1 Å². The van der Waals surface area contributed by atoms with Gasteiger partial charge in [0, 0.05) is 38.5 Å². The predicted octanol–water partition coefficient (Wildman–Crippen LogP) is 1.66. The molecule has 0 radical (unpaired) electrons. The molecule has 0 spiro atoms. The van der Waals surface area contributed by atoms with Crippen LogP contribution in [0.4, 0.5) is 5.69 Å². The van der Waals surface area contributed by atoms with Crippen molar-refractivity contribution in [3.63, 3.8) is 0 Å². The lowest BCUT2D eigenvalue weighted by molar-refractivity contribution is 0.163. The standard InChI is InChI=1S/C17H30N4O3/c1-6-18-17(19-9-10-21(2)11-12-22-3)20-14-7-8-15(23-4)16(13-14)24-5/h7-8,13H,6,9-12H2,1-5H3,(H2,18,19,20). The third-order valence-electron chi connectivity index (χ3n) is 3.42. The third kappa shape index (κ3) is 7.06. The van der Waals surface area contributed by atoms with E-state index in [1.807, 2.05) is 25.1 Å². The lowest BCUT2D eigenvalue weighted by Gasteiger charge is -2.16. The maximum Gasteiger partial charge on any atom is 0.195 e. The highest BCUT2D eigenvalue weighted by molar-refractivity contribution is 5.93. The maximum atomic E-state index is 5.32. The highest BCUT2D eigenvalue weighted by Crippen LogP contribution is 2.29. The van der Waals surface area contributed by atoms with Gasteiger partial charge < -0.3 is 29.7 Å². The van der Waals surface area contributed by atoms with Gasteiger partial charge in [-0.3, -0.25) is 4.99 Å². The molecule has 1 rings (SSSR count). The van der Waals surface area contributed by atoms with E-state index in [1.165, 1.54) is 0 Å². The molecule has 0 unspecified atom stereocenters. The van der Waals surface area contributed by atoms with Crippen molar-refractivity contribution in [2.75, 3.05) is 66.5 Å². The first-order valence-corrected chi connectivity index (χ1v) is 8.09. The maximum absolute atomic E-state index is 5.32. The van der Waals surface area contributed by atoms with E-state index in [9.17, 15) is 0 Å². The quantitative estimate of drug-likeness (QED) is 0.500. The number of nitrogens with zero attached hydrogens (tertiary/aromatic N) is 2. The summed E-state index contributed by atoms with van der Waals surface area (Å²) in [6.07, 6.45) is 0. The number of guanidine groups is 1. The van der Waals surface area contributed by atoms with Crippen LogP contribution in [0.15, 0.2) is 23.2 Å². The molecule has 0 saturated carbocycles. The Morgan fingerprint density at radius 3 is 2.50 bits per heavy atom. The van der Waals surface area contributed by atoms with E-state index in [4.69, 9.17) is 14.2 Å². The lowest BCUT2D eigenvalue weighted by Crippen LogP contribution is -2.32. The summed E-state index contributed by atoms with van der Waals surface area (Å²) in [6, 6.07) is 5.68. The van der Waals surface area contributed by atoms with Crippen LogP contribution >= 0.6 is 0 Å². The van der Waals surface area contributed by atoms with Crippen LogP contribution in [0.25, 0.3) is 0 Å². The number of rotatable bonds is 10. The minimum atomic E-state index is 0.678. The van der Waals surface area contributed by atoms with Crippen molar-refractivity contribution >= 4 is 11.6 Å². The fraction of sp³-hybridized carbons (Fsp3) is 0.588. The van der Waals surface area contributed by atoms with Crippen molar-refractivity contribution in [2.45, 2.75) is 6.92 Å². The van der Waals surface area contributed by atoms with E-state index >= 15 is 0 Å². The van der Waals surface area contributed by atoms with Crippen LogP contribution in [0.3, 0.4) is 0 Å². The number of hydrogen-bond acceptors (Lipinski definition) is 5. The molecule has 0 aliphatic heterocycles. The molecular weight excluding hydrogens is 308 g/mol. The molecule has 1 aromatic rings. The first kappa shape index (κ1) is 20.1. The van der Waals surface area contributed by atoms with Gasteiger partial charge in [0.05, 0.1) is 27.4 Å². The molecule has 136 valence electrons. The predicted molar refractivity (Wildman–Crippen MR) is 98.5 cm³/mol. The first-order valence-electron chi connectivity index (χ1n) is 8.09. The smallest absolute Gasteiger partial charge is 0.195 e. The molecule has 2 N–H and O–H groups in total. The molecule has 1 aromatic carbocycles. The van der Waals surface area contributed by atoms with Gasteiger partial charge in [0.1, 0.15) is 0 Å². The van der Waals surface area contributed by atoms with Gasteiger partial charge in [-0.1, -0.05) is 0 Å². The fourth-order valence-electron chi connectivity index (χ4n) is 2.05. The van der Waals surface area contributed by atoms with Crippen molar-refractivity contribution in [1.82, 2.24) is 10.2 Å². The average molecular weight is 338 g/mol. The Morgan fingerprint density at radius 2 is 1.88 bits per heavy atom. The summed E-state index contributed by atoms with van der Waals surface area (Å²) < 4.78 is 15.7. The third-order valence-corrected chi connectivity index (χ3v) is 3.42. The van der Waals surface area contributed by atoms with Gasteiger partial charge in [-0.2, -0.15) is 0 Å². The zero-order chi connectivity index (χ0) is 17.8. The van der Waals surface area contributed by atoms with Crippen LogP contribution in [-0.4, -0.2) is 72.0 Å². The summed E-state index contributed by atoms with van der Waals surface area (Å²) >= 11 is 0. The van der Waals surface area contributed by atoms with Gasteiger partial charge in [0.15, 0.2) is 17.5 Å². The second-order valence-electron chi connectivity index (χ2n) is 5.25. The Hall–Kier alpha value is -1.99. The Kier molecular flexibility index (Phi) is 9.64. The number of likely N-dealkylation sites (N-methyl/N-ethyl adjacent to an activating group) is 1. The van der Waals surface area contributed by atoms with Gasteiger partial charge >= 0.3 is 0 Å². The van der Waals surface area contributed by atoms with E-state index in [0.29, 0.717) is 18.0 Å². The Morgan fingerprint density at radius 1 is 1.12 bits per heavy atom. The van der Waals surface area contributed by atoms with E-state index in [-0.39, 0.29) is 0 Å². The van der Waals surface area contributed by atoms with Gasteiger partial charge in [0.25, 0.3) is 0 Å². The van der Waals surface area contributed by atoms with Gasteiger partial charge in [-0.05, 0) is 26.1 Å². The monoisotopic (exact) mass is 338 g/mol. The van der Waals surface area contributed by atoms with Crippen LogP contribution in [0, 0.1) is 0 Å². The number of hydrogen-bond donors (Lipinski definition) is 2. The summed E-state index contributed by atoms with van der Waals surface area (Å²) in [6.45, 7) is 6.01. The molecule has 7 heteroatoms. The molecule has 0 aromatic heterocycles. The average Bonchev–Trinajstić information content (AvgIpc) is 2.59. The van der Waals surface area contributed by atoms with E-state index in [0.717, 1.165) is 37.9 Å². The summed E-state index contributed by atoms with van der Waals surface area (Å²) in [7, 11) is 7.01. The molecule has 0 aliphatic rings. The highest BCUT2D eigenvalue weighted by atomic mass is 16.5. The van der Waals surface area contributed by atoms with Crippen LogP contribution in [-0.2, 0) is 4.74 Å². The zero-order valence-corrected chi connectivity index (χ0v) is 15.4. The van der Waals surface area contributed by atoms with Gasteiger partial charge in [-0.15, -0.1) is 0 Å². The van der Waals surface area contributed by atoms with E-state index < -0.39 is 0 Å². The van der Waals surface area contributed by atoms with Crippen LogP contribution in [0.5, 0.6) is 11.5 Å². The van der Waals surface area contributed by atoms with Crippen molar-refractivity contribution < 1.29 is 14.2 Å². The van der Waals surface area contributed by atoms with Crippen LogP contribution in [0.2, 0.25) is 0 Å². The zero-order valence-electron chi connectivity index (χ0n) is 15.4. The summed E-state index contributed by atoms with van der Waals surface area (Å²) in [5.41, 5.74) is 0.889. The number of anilines is 1. The SMILES string of the molecule is CCNC(=NCCN(C)CCOC)Nc1ccc(OC)c(OC)c1. The number of aliphatic imine (C=N–C) groups is 1. The summed E-state index contributed by atoms with van der Waals surface area (Å²) in [5.74, 6) is 2.12. The van der Waals surface area contributed by atoms with Crippen molar-refractivity contribution in [3.05, 3.63) is 18.2 Å². The van der Waals surface area contributed by atoms with Gasteiger partial charge in [-0.25, -0.2) is 0 Å². The Balaban J connectivity index is 2.66. The lowest BCUT2D eigenvalue weighted by atomic mass is 10.3. The number of nitrogens with one attached hydrogen (secondary N) is 2. The van der Waals surface area contributed by atoms with Crippen LogP contribution in [0.1, 0.15) is 6.92 Å². The Bertz CT molecular complexity index is 509. The van der Waals surface area contributed by atoms with E-state index in [2.05, 4.69) is 27.6 Å². The summed E-state index contributed by atoms with van der Waals surface area (Å²) in [4.78, 5) is 6.78. The minimum absolute atomic E-state index is 0.678. The molecule has 0 saturated heterocycles. The summed E-state index contributed by atoms with van der Waals surface area (Å²) in [5, 5.41) is 6.52. The molecule has 0 aliphatic carbocycles. The number of benzene rings is 1. The van der Waals surface area contributed by atoms with Gasteiger partial charge in [0.2, 0.25) is 0 Å². The molecule has 24 heavy (non-hydrogen) atoms. The van der Waals surface area contributed by atoms with Crippen molar-refractivity contribution in [3.8, 4) is 11.5 Å². The normalized spacial score (nSPS) is 11.5.